The highest BCUT2D eigenvalue weighted by Gasteiger charge is 2.31. The molecule has 0 fully saturated rings. The van der Waals surface area contributed by atoms with Crippen LogP contribution in [0.3, 0.4) is 0 Å². The molecule has 8 nitrogen and oxygen atoms in total. The van der Waals surface area contributed by atoms with E-state index in [1.165, 1.54) is 36.5 Å². The second-order valence-corrected chi connectivity index (χ2v) is 9.21. The second-order valence-electron chi connectivity index (χ2n) is 8.80. The van der Waals surface area contributed by atoms with Gasteiger partial charge in [-0.2, -0.15) is 22.9 Å². The summed E-state index contributed by atoms with van der Waals surface area (Å²) in [7, 11) is 0. The summed E-state index contributed by atoms with van der Waals surface area (Å²) in [5.74, 6) is 0.239. The van der Waals surface area contributed by atoms with Crippen molar-refractivity contribution in [3.05, 3.63) is 133 Å². The van der Waals surface area contributed by atoms with Crippen molar-refractivity contribution in [1.82, 2.24) is 9.66 Å². The van der Waals surface area contributed by atoms with Crippen molar-refractivity contribution in [1.29, 1.82) is 0 Å². The van der Waals surface area contributed by atoms with Crippen LogP contribution in [-0.2, 0) is 12.8 Å². The van der Waals surface area contributed by atoms with Crippen molar-refractivity contribution in [2.75, 3.05) is 0 Å². The number of ether oxygens (including phenoxy) is 1. The van der Waals surface area contributed by atoms with Crippen molar-refractivity contribution in [3.63, 3.8) is 0 Å². The number of nitro benzene ring substituents is 1. The van der Waals surface area contributed by atoms with Gasteiger partial charge >= 0.3 is 6.18 Å². The fourth-order valence-corrected chi connectivity index (χ4v) is 4.26. The number of fused-ring (bicyclic) bond motifs is 1. The van der Waals surface area contributed by atoms with Crippen molar-refractivity contribution in [2.45, 2.75) is 12.8 Å². The zero-order valence-electron chi connectivity index (χ0n) is 20.9. The van der Waals surface area contributed by atoms with Crippen LogP contribution < -0.4 is 10.3 Å². The van der Waals surface area contributed by atoms with Crippen LogP contribution in [0.2, 0.25) is 5.02 Å². The van der Waals surface area contributed by atoms with Gasteiger partial charge in [0.15, 0.2) is 5.82 Å². The molecule has 0 aliphatic carbocycles. The Kier molecular flexibility index (Phi) is 7.54. The maximum Gasteiger partial charge on any atom is 0.416 e. The molecule has 0 radical (unpaired) electrons. The molecule has 0 unspecified atom stereocenters. The predicted octanol–water partition coefficient (Wildman–Crippen LogP) is 7.11. The highest BCUT2D eigenvalue weighted by atomic mass is 35.5. The highest BCUT2D eigenvalue weighted by Crippen LogP contribution is 2.32. The van der Waals surface area contributed by atoms with Crippen LogP contribution in [0.15, 0.2) is 101 Å². The minimum absolute atomic E-state index is 0.0351. The van der Waals surface area contributed by atoms with Crippen molar-refractivity contribution in [3.8, 4) is 17.1 Å². The lowest BCUT2D eigenvalue weighted by Gasteiger charge is -2.12. The first-order valence-corrected chi connectivity index (χ1v) is 12.4. The molecule has 0 amide bonds. The third-order valence-electron chi connectivity index (χ3n) is 6.00. The molecule has 0 spiro atoms. The minimum Gasteiger partial charge on any atom is -0.487 e. The van der Waals surface area contributed by atoms with E-state index in [-0.39, 0.29) is 34.1 Å². The molecule has 0 aliphatic heterocycles. The van der Waals surface area contributed by atoms with Crippen LogP contribution in [0.1, 0.15) is 16.7 Å². The number of rotatable bonds is 7. The molecule has 41 heavy (non-hydrogen) atoms. The van der Waals surface area contributed by atoms with E-state index in [0.717, 1.165) is 16.8 Å². The molecule has 206 valence electrons. The number of para-hydroxylation sites is 1. The van der Waals surface area contributed by atoms with Gasteiger partial charge in [0.05, 0.1) is 32.6 Å². The third-order valence-corrected chi connectivity index (χ3v) is 6.29. The lowest BCUT2D eigenvalue weighted by Crippen LogP contribution is -2.20. The van der Waals surface area contributed by atoms with Gasteiger partial charge in [-0.25, -0.2) is 4.98 Å². The van der Waals surface area contributed by atoms with Crippen molar-refractivity contribution >= 4 is 34.4 Å². The summed E-state index contributed by atoms with van der Waals surface area (Å²) in [6.07, 6.45) is -3.26. The number of nitro groups is 1. The summed E-state index contributed by atoms with van der Waals surface area (Å²) in [5.41, 5.74) is -0.110. The smallest absolute Gasteiger partial charge is 0.416 e. The fourth-order valence-electron chi connectivity index (χ4n) is 4.01. The number of aromatic nitrogens is 2. The summed E-state index contributed by atoms with van der Waals surface area (Å²) >= 11 is 6.37. The highest BCUT2D eigenvalue weighted by molar-refractivity contribution is 6.32. The zero-order valence-corrected chi connectivity index (χ0v) is 21.6. The molecule has 1 heterocycles. The van der Waals surface area contributed by atoms with Gasteiger partial charge in [0.2, 0.25) is 0 Å². The van der Waals surface area contributed by atoms with Gasteiger partial charge in [-0.15, -0.1) is 0 Å². The molecule has 0 bridgehead atoms. The lowest BCUT2D eigenvalue weighted by molar-refractivity contribution is -0.384. The standard InChI is InChI=1S/C29H18ClF3N4O4/c30-24-14-18(11-12-26(24)41-17-19-5-3-8-22(13-19)37(39)40)16-34-36-27(20-6-4-7-21(15-20)29(31,32)33)35-25-10-2-1-9-23(25)28(36)38/h1-16H,17H2. The molecule has 0 saturated heterocycles. The Balaban J connectivity index is 1.47. The number of benzene rings is 4. The van der Waals surface area contributed by atoms with Gasteiger partial charge in [0, 0.05) is 17.7 Å². The van der Waals surface area contributed by atoms with Crippen LogP contribution in [0, 0.1) is 10.1 Å². The fraction of sp³-hybridized carbons (Fsp3) is 0.0690. The molecule has 1 aromatic heterocycles. The van der Waals surface area contributed by atoms with Crippen LogP contribution >= 0.6 is 11.6 Å². The summed E-state index contributed by atoms with van der Waals surface area (Å²) in [4.78, 5) is 28.3. The Labute approximate surface area is 235 Å². The molecule has 0 saturated carbocycles. The summed E-state index contributed by atoms with van der Waals surface area (Å²) in [5, 5.41) is 15.7. The molecule has 0 aliphatic rings. The number of nitrogens with zero attached hydrogens (tertiary/aromatic N) is 4. The van der Waals surface area contributed by atoms with Gasteiger partial charge in [0.1, 0.15) is 12.4 Å². The van der Waals surface area contributed by atoms with E-state index in [1.54, 1.807) is 48.5 Å². The second kappa shape index (κ2) is 11.2. The maximum absolute atomic E-state index is 13.4. The van der Waals surface area contributed by atoms with E-state index in [2.05, 4.69) is 10.1 Å². The average Bonchev–Trinajstić information content (AvgIpc) is 2.96. The van der Waals surface area contributed by atoms with Crippen LogP contribution in [-0.4, -0.2) is 20.8 Å². The monoisotopic (exact) mass is 578 g/mol. The molecule has 0 atom stereocenters. The first kappa shape index (κ1) is 27.5. The van der Waals surface area contributed by atoms with Gasteiger partial charge in [-0.3, -0.25) is 14.9 Å². The Morgan fingerprint density at radius 1 is 1.00 bits per heavy atom. The van der Waals surface area contributed by atoms with E-state index in [9.17, 15) is 28.1 Å². The number of non-ortho nitro benzene ring substituents is 1. The molecule has 0 N–H and O–H groups in total. The van der Waals surface area contributed by atoms with Crippen LogP contribution in [0.5, 0.6) is 5.75 Å². The van der Waals surface area contributed by atoms with Gasteiger partial charge < -0.3 is 4.74 Å². The Morgan fingerprint density at radius 2 is 1.78 bits per heavy atom. The SMILES string of the molecule is O=c1c2ccccc2nc(-c2cccc(C(F)(F)F)c2)n1N=Cc1ccc(OCc2cccc([N+](=O)[O-])c2)c(Cl)c1. The van der Waals surface area contributed by atoms with Gasteiger partial charge in [-0.05, 0) is 53.6 Å². The zero-order chi connectivity index (χ0) is 29.1. The quantitative estimate of drug-likeness (QED) is 0.116. The Hall–Kier alpha value is -5.03. The van der Waals surface area contributed by atoms with E-state index in [1.807, 2.05) is 0 Å². The van der Waals surface area contributed by atoms with E-state index < -0.39 is 22.2 Å². The topological polar surface area (TPSA) is 99.6 Å². The van der Waals surface area contributed by atoms with Crippen LogP contribution in [0.4, 0.5) is 18.9 Å². The first-order valence-electron chi connectivity index (χ1n) is 12.0. The number of alkyl halides is 3. The van der Waals surface area contributed by atoms with Crippen molar-refractivity contribution < 1.29 is 22.8 Å². The summed E-state index contributed by atoms with van der Waals surface area (Å²) < 4.78 is 46.8. The predicted molar refractivity (Wildman–Crippen MR) is 148 cm³/mol. The van der Waals surface area contributed by atoms with E-state index >= 15 is 0 Å². The van der Waals surface area contributed by atoms with Gasteiger partial charge in [-0.1, -0.05) is 48.0 Å². The minimum atomic E-state index is -4.59. The molecule has 4 aromatic carbocycles. The molecular weight excluding hydrogens is 561 g/mol. The number of hydrogen-bond acceptors (Lipinski definition) is 6. The number of hydrogen-bond donors (Lipinski definition) is 0. The first-order chi connectivity index (χ1) is 19.6. The number of halogens is 4. The third kappa shape index (κ3) is 6.10. The Bertz CT molecular complexity index is 1870. The molecule has 5 aromatic rings. The van der Waals surface area contributed by atoms with E-state index in [4.69, 9.17) is 16.3 Å². The lowest BCUT2D eigenvalue weighted by atomic mass is 10.1. The maximum atomic E-state index is 13.4. The molecular formula is C29H18ClF3N4O4. The Morgan fingerprint density at radius 3 is 2.54 bits per heavy atom. The van der Waals surface area contributed by atoms with Gasteiger partial charge in [0.25, 0.3) is 11.2 Å². The summed E-state index contributed by atoms with van der Waals surface area (Å²) in [6.45, 7) is 0.0351. The molecule has 12 heteroatoms. The molecule has 5 rings (SSSR count). The largest absolute Gasteiger partial charge is 0.487 e. The van der Waals surface area contributed by atoms with Crippen molar-refractivity contribution in [2.24, 2.45) is 5.10 Å². The summed E-state index contributed by atoms with van der Waals surface area (Å²) in [6, 6.07) is 21.7. The van der Waals surface area contributed by atoms with Crippen LogP contribution in [0.25, 0.3) is 22.3 Å². The average molecular weight is 579 g/mol. The normalized spacial score (nSPS) is 11.7. The van der Waals surface area contributed by atoms with E-state index in [0.29, 0.717) is 22.4 Å².